The fourth-order valence-electron chi connectivity index (χ4n) is 1.22. The fraction of sp³-hybridized carbons (Fsp3) is 0.538. The van der Waals surface area contributed by atoms with Gasteiger partial charge in [-0.1, -0.05) is 29.8 Å². The molecule has 0 saturated heterocycles. The zero-order valence-corrected chi connectivity index (χ0v) is 11.8. The number of ether oxygens (including phenoxy) is 2. The topological polar surface area (TPSA) is 18.5 Å². The summed E-state index contributed by atoms with van der Waals surface area (Å²) >= 11 is 3.27. The lowest BCUT2D eigenvalue weighted by Crippen LogP contribution is -2.09. The zero-order chi connectivity index (χ0) is 12.7. The molecule has 0 fully saturated rings. The molecule has 0 radical (unpaired) electrons. The third-order valence-corrected chi connectivity index (χ3v) is 2.71. The molecule has 0 spiro atoms. The number of hydrogen-bond donors (Lipinski definition) is 0. The molecule has 96 valence electrons. The Balaban J connectivity index is 2.20. The maximum absolute atomic E-state index is 13.3. The number of hydrogen-bond acceptors (Lipinski definition) is 2. The highest BCUT2D eigenvalue weighted by Gasteiger charge is 2.03. The van der Waals surface area contributed by atoms with E-state index in [1.807, 2.05) is 0 Å². The second-order valence-electron chi connectivity index (χ2n) is 4.22. The zero-order valence-electron chi connectivity index (χ0n) is 10.2. The second-order valence-corrected chi connectivity index (χ2v) is 5.13. The highest BCUT2D eigenvalue weighted by Crippen LogP contribution is 2.21. The monoisotopic (exact) mass is 304 g/mol. The fourth-order valence-corrected chi connectivity index (χ4v) is 1.56. The molecule has 0 heterocycles. The van der Waals surface area contributed by atoms with Gasteiger partial charge in [0.15, 0.2) is 11.6 Å². The van der Waals surface area contributed by atoms with Gasteiger partial charge in [-0.15, -0.1) is 0 Å². The molecule has 0 unspecified atom stereocenters. The van der Waals surface area contributed by atoms with Gasteiger partial charge in [0, 0.05) is 11.1 Å². The van der Waals surface area contributed by atoms with Crippen molar-refractivity contribution in [3.63, 3.8) is 0 Å². The summed E-state index contributed by atoms with van der Waals surface area (Å²) in [6, 6.07) is 4.63. The van der Waals surface area contributed by atoms with Gasteiger partial charge in [-0.3, -0.25) is 0 Å². The Morgan fingerprint density at radius 3 is 2.71 bits per heavy atom. The predicted octanol–water partition coefficient (Wildman–Crippen LogP) is 4.03. The molecule has 17 heavy (non-hydrogen) atoms. The summed E-state index contributed by atoms with van der Waals surface area (Å²) in [6.45, 7) is 5.87. The van der Waals surface area contributed by atoms with Crippen molar-refractivity contribution in [1.29, 1.82) is 0 Å². The van der Waals surface area contributed by atoms with Gasteiger partial charge < -0.3 is 9.47 Å². The van der Waals surface area contributed by atoms with E-state index in [2.05, 4.69) is 29.8 Å². The summed E-state index contributed by atoms with van der Waals surface area (Å²) < 4.78 is 24.7. The SMILES string of the molecule is CC(C)CCOCCOc1cc(Br)ccc1F. The molecule has 0 aliphatic heterocycles. The summed E-state index contributed by atoms with van der Waals surface area (Å²) in [4.78, 5) is 0. The summed E-state index contributed by atoms with van der Waals surface area (Å²) in [6.07, 6.45) is 1.03. The van der Waals surface area contributed by atoms with Crippen molar-refractivity contribution in [2.24, 2.45) is 5.92 Å². The average molecular weight is 305 g/mol. The van der Waals surface area contributed by atoms with Crippen LogP contribution in [0, 0.1) is 11.7 Å². The molecule has 0 aromatic heterocycles. The van der Waals surface area contributed by atoms with Gasteiger partial charge in [-0.2, -0.15) is 0 Å². The van der Waals surface area contributed by atoms with Crippen LogP contribution in [0.15, 0.2) is 22.7 Å². The van der Waals surface area contributed by atoms with E-state index in [1.165, 1.54) is 6.07 Å². The Labute approximate surface area is 110 Å². The van der Waals surface area contributed by atoms with Crippen LogP contribution < -0.4 is 4.74 Å². The van der Waals surface area contributed by atoms with Crippen LogP contribution in [0.5, 0.6) is 5.75 Å². The van der Waals surface area contributed by atoms with Crippen molar-refractivity contribution in [3.05, 3.63) is 28.5 Å². The average Bonchev–Trinajstić information content (AvgIpc) is 2.27. The maximum Gasteiger partial charge on any atom is 0.165 e. The smallest absolute Gasteiger partial charge is 0.165 e. The quantitative estimate of drug-likeness (QED) is 0.708. The summed E-state index contributed by atoms with van der Waals surface area (Å²) in [5.74, 6) is 0.542. The van der Waals surface area contributed by atoms with Crippen molar-refractivity contribution in [2.45, 2.75) is 20.3 Å². The molecule has 4 heteroatoms. The molecule has 1 rings (SSSR count). The van der Waals surface area contributed by atoms with E-state index in [9.17, 15) is 4.39 Å². The largest absolute Gasteiger partial charge is 0.488 e. The Bertz CT molecular complexity index is 342. The van der Waals surface area contributed by atoms with E-state index in [4.69, 9.17) is 9.47 Å². The van der Waals surface area contributed by atoms with E-state index in [0.717, 1.165) is 17.5 Å². The van der Waals surface area contributed by atoms with Crippen molar-refractivity contribution >= 4 is 15.9 Å². The number of rotatable bonds is 7. The molecule has 2 nitrogen and oxygen atoms in total. The van der Waals surface area contributed by atoms with Gasteiger partial charge in [-0.05, 0) is 30.5 Å². The van der Waals surface area contributed by atoms with Crippen LogP contribution in [-0.2, 0) is 4.74 Å². The molecule has 1 aromatic rings. The van der Waals surface area contributed by atoms with Crippen LogP contribution >= 0.6 is 15.9 Å². The first-order chi connectivity index (χ1) is 8.09. The van der Waals surface area contributed by atoms with Crippen LogP contribution in [0.25, 0.3) is 0 Å². The first-order valence-corrected chi connectivity index (χ1v) is 6.54. The van der Waals surface area contributed by atoms with Gasteiger partial charge in [-0.25, -0.2) is 4.39 Å². The van der Waals surface area contributed by atoms with Gasteiger partial charge in [0.05, 0.1) is 6.61 Å². The van der Waals surface area contributed by atoms with Crippen LogP contribution in [-0.4, -0.2) is 19.8 Å². The molecule has 0 atom stereocenters. The van der Waals surface area contributed by atoms with Crippen molar-refractivity contribution in [1.82, 2.24) is 0 Å². The Morgan fingerprint density at radius 2 is 2.00 bits per heavy atom. The summed E-state index contributed by atoms with van der Waals surface area (Å²) in [5.41, 5.74) is 0. The third-order valence-electron chi connectivity index (χ3n) is 2.22. The first kappa shape index (κ1) is 14.5. The van der Waals surface area contributed by atoms with Crippen LogP contribution in [0.3, 0.4) is 0 Å². The Hall–Kier alpha value is -0.610. The van der Waals surface area contributed by atoms with Gasteiger partial charge in [0.25, 0.3) is 0 Å². The standard InChI is InChI=1S/C13H18BrFO2/c1-10(2)5-6-16-7-8-17-13-9-11(14)3-4-12(13)15/h3-4,9-10H,5-8H2,1-2H3. The first-order valence-electron chi connectivity index (χ1n) is 5.75. The Morgan fingerprint density at radius 1 is 1.24 bits per heavy atom. The van der Waals surface area contributed by atoms with E-state index in [-0.39, 0.29) is 11.6 Å². The molecular formula is C13H18BrFO2. The van der Waals surface area contributed by atoms with Gasteiger partial charge >= 0.3 is 0 Å². The lowest BCUT2D eigenvalue weighted by molar-refractivity contribution is 0.0913. The Kier molecular flexibility index (Phi) is 6.52. The minimum absolute atomic E-state index is 0.256. The second kappa shape index (κ2) is 7.67. The van der Waals surface area contributed by atoms with Gasteiger partial charge in [0.2, 0.25) is 0 Å². The van der Waals surface area contributed by atoms with E-state index in [1.54, 1.807) is 12.1 Å². The van der Waals surface area contributed by atoms with Crippen molar-refractivity contribution in [2.75, 3.05) is 19.8 Å². The lowest BCUT2D eigenvalue weighted by Gasteiger charge is -2.09. The van der Waals surface area contributed by atoms with Crippen LogP contribution in [0.4, 0.5) is 4.39 Å². The summed E-state index contributed by atoms with van der Waals surface area (Å²) in [7, 11) is 0. The molecular weight excluding hydrogens is 287 g/mol. The highest BCUT2D eigenvalue weighted by atomic mass is 79.9. The van der Waals surface area contributed by atoms with E-state index >= 15 is 0 Å². The van der Waals surface area contributed by atoms with Crippen molar-refractivity contribution in [3.8, 4) is 5.75 Å². The number of benzene rings is 1. The third kappa shape index (κ3) is 6.03. The molecule has 0 saturated carbocycles. The van der Waals surface area contributed by atoms with Crippen LogP contribution in [0.1, 0.15) is 20.3 Å². The van der Waals surface area contributed by atoms with Gasteiger partial charge in [0.1, 0.15) is 6.61 Å². The lowest BCUT2D eigenvalue weighted by atomic mass is 10.1. The highest BCUT2D eigenvalue weighted by molar-refractivity contribution is 9.10. The molecule has 0 N–H and O–H groups in total. The molecule has 0 aliphatic rings. The predicted molar refractivity (Wildman–Crippen MR) is 69.9 cm³/mol. The number of halogens is 2. The minimum Gasteiger partial charge on any atom is -0.488 e. The normalized spacial score (nSPS) is 10.9. The molecule has 1 aromatic carbocycles. The summed E-state index contributed by atoms with van der Waals surface area (Å²) in [5, 5.41) is 0. The maximum atomic E-state index is 13.3. The molecule has 0 bridgehead atoms. The van der Waals surface area contributed by atoms with Crippen molar-refractivity contribution < 1.29 is 13.9 Å². The molecule has 0 amide bonds. The molecule has 0 aliphatic carbocycles. The van der Waals surface area contributed by atoms with E-state index < -0.39 is 0 Å². The van der Waals surface area contributed by atoms with E-state index in [0.29, 0.717) is 19.1 Å². The van der Waals surface area contributed by atoms with Crippen LogP contribution in [0.2, 0.25) is 0 Å². The minimum atomic E-state index is -0.351.